The first-order valence-electron chi connectivity index (χ1n) is 7.69. The fourth-order valence-corrected chi connectivity index (χ4v) is 2.86. The summed E-state index contributed by atoms with van der Waals surface area (Å²) < 4.78 is 12.1. The predicted molar refractivity (Wildman–Crippen MR) is 83.0 cm³/mol. The smallest absolute Gasteiger partial charge is 0.112 e. The van der Waals surface area contributed by atoms with Crippen molar-refractivity contribution in [1.29, 1.82) is 0 Å². The molecule has 0 unspecified atom stereocenters. The van der Waals surface area contributed by atoms with Gasteiger partial charge in [0.15, 0.2) is 0 Å². The van der Waals surface area contributed by atoms with Crippen molar-refractivity contribution in [2.75, 3.05) is 6.61 Å². The van der Waals surface area contributed by atoms with Crippen molar-refractivity contribution in [2.24, 2.45) is 11.1 Å². The molecule has 0 aliphatic heterocycles. The van der Waals surface area contributed by atoms with Gasteiger partial charge in [0.1, 0.15) is 12.2 Å². The Bertz CT molecular complexity index is 347. The number of aliphatic hydroxyl groups excluding tert-OH is 2. The van der Waals surface area contributed by atoms with Gasteiger partial charge < -0.3 is 25.4 Å². The lowest BCUT2D eigenvalue weighted by Gasteiger charge is -2.51. The summed E-state index contributed by atoms with van der Waals surface area (Å²) in [6.07, 6.45) is -1.30. The van der Waals surface area contributed by atoms with Crippen LogP contribution >= 0.6 is 0 Å². The fraction of sp³-hybridized carbons (Fsp3) is 1.00. The van der Waals surface area contributed by atoms with Gasteiger partial charge in [-0.3, -0.25) is 0 Å². The van der Waals surface area contributed by atoms with E-state index in [0.29, 0.717) is 6.42 Å². The number of rotatable bonds is 3. The normalized spacial score (nSPS) is 38.6. The Morgan fingerprint density at radius 3 is 1.86 bits per heavy atom. The van der Waals surface area contributed by atoms with Gasteiger partial charge in [-0.05, 0) is 48.0 Å². The van der Waals surface area contributed by atoms with Crippen LogP contribution in [-0.4, -0.2) is 52.4 Å². The van der Waals surface area contributed by atoms with Crippen LogP contribution in [0, 0.1) is 5.41 Å². The molecule has 0 heterocycles. The SMILES string of the molecule is CC(C)(C)O[C@H]1[C@H](OC(C)(C)C)[C@@H](N)C[C@](C)(CO)[C@@H]1O. The van der Waals surface area contributed by atoms with Crippen LogP contribution in [0.3, 0.4) is 0 Å². The number of nitrogens with two attached hydrogens (primary N) is 1. The Morgan fingerprint density at radius 1 is 1.05 bits per heavy atom. The summed E-state index contributed by atoms with van der Waals surface area (Å²) in [5.74, 6) is 0. The van der Waals surface area contributed by atoms with Crippen molar-refractivity contribution in [2.45, 2.75) is 90.4 Å². The van der Waals surface area contributed by atoms with Crippen molar-refractivity contribution in [3.8, 4) is 0 Å². The molecule has 1 saturated carbocycles. The minimum absolute atomic E-state index is 0.131. The zero-order valence-corrected chi connectivity index (χ0v) is 14.5. The van der Waals surface area contributed by atoms with Crippen LogP contribution in [0.25, 0.3) is 0 Å². The molecular formula is C16H33NO4. The van der Waals surface area contributed by atoms with Crippen LogP contribution in [0.4, 0.5) is 0 Å². The van der Waals surface area contributed by atoms with Gasteiger partial charge in [-0.15, -0.1) is 0 Å². The van der Waals surface area contributed by atoms with Crippen LogP contribution in [0.2, 0.25) is 0 Å². The molecule has 0 aromatic rings. The molecule has 0 aromatic carbocycles. The van der Waals surface area contributed by atoms with Crippen molar-refractivity contribution in [3.63, 3.8) is 0 Å². The average Bonchev–Trinajstić information content (AvgIpc) is 2.28. The molecule has 0 amide bonds. The maximum Gasteiger partial charge on any atom is 0.112 e. The van der Waals surface area contributed by atoms with Crippen LogP contribution in [0.5, 0.6) is 0 Å². The highest BCUT2D eigenvalue weighted by Crippen LogP contribution is 2.40. The number of ether oxygens (including phenoxy) is 2. The number of hydrogen-bond donors (Lipinski definition) is 3. The lowest BCUT2D eigenvalue weighted by molar-refractivity contribution is -0.241. The molecule has 0 radical (unpaired) electrons. The summed E-state index contributed by atoms with van der Waals surface area (Å²) in [6.45, 7) is 13.4. The summed E-state index contributed by atoms with van der Waals surface area (Å²) >= 11 is 0. The molecule has 4 N–H and O–H groups in total. The van der Waals surface area contributed by atoms with Crippen molar-refractivity contribution < 1.29 is 19.7 Å². The Kier molecular flexibility index (Phi) is 5.50. The molecule has 1 aliphatic rings. The van der Waals surface area contributed by atoms with Gasteiger partial charge in [0.2, 0.25) is 0 Å². The van der Waals surface area contributed by atoms with Gasteiger partial charge in [0.25, 0.3) is 0 Å². The van der Waals surface area contributed by atoms with E-state index in [4.69, 9.17) is 15.2 Å². The quantitative estimate of drug-likeness (QED) is 0.735. The number of hydrogen-bond acceptors (Lipinski definition) is 5. The summed E-state index contributed by atoms with van der Waals surface area (Å²) in [6, 6.07) is -0.294. The maximum atomic E-state index is 10.7. The Labute approximate surface area is 128 Å². The van der Waals surface area contributed by atoms with Gasteiger partial charge in [0.05, 0.1) is 23.9 Å². The van der Waals surface area contributed by atoms with Gasteiger partial charge in [-0.25, -0.2) is 0 Å². The van der Waals surface area contributed by atoms with Gasteiger partial charge in [0, 0.05) is 11.5 Å². The first-order valence-corrected chi connectivity index (χ1v) is 7.69. The Morgan fingerprint density at radius 2 is 1.48 bits per heavy atom. The third kappa shape index (κ3) is 4.89. The van der Waals surface area contributed by atoms with E-state index in [-0.39, 0.29) is 18.2 Å². The van der Waals surface area contributed by atoms with Crippen LogP contribution < -0.4 is 5.73 Å². The Hall–Kier alpha value is -0.200. The fourth-order valence-electron chi connectivity index (χ4n) is 2.86. The molecule has 0 spiro atoms. The predicted octanol–water partition coefficient (Wildman–Crippen LogP) is 1.44. The molecule has 0 aromatic heterocycles. The largest absolute Gasteiger partial charge is 0.396 e. The van der Waals surface area contributed by atoms with Crippen LogP contribution in [0.1, 0.15) is 54.9 Å². The minimum Gasteiger partial charge on any atom is -0.396 e. The molecule has 5 atom stereocenters. The van der Waals surface area contributed by atoms with E-state index in [1.165, 1.54) is 0 Å². The van der Waals surface area contributed by atoms with Gasteiger partial charge in [-0.2, -0.15) is 0 Å². The topological polar surface area (TPSA) is 84.9 Å². The second-order valence-corrected chi connectivity index (χ2v) is 8.51. The molecule has 1 aliphatic carbocycles. The summed E-state index contributed by atoms with van der Waals surface area (Å²) in [7, 11) is 0. The standard InChI is InChI=1S/C16H33NO4/c1-14(2,3)20-11-10(17)8-16(7,9-18)13(19)12(11)21-15(4,5)6/h10-13,18-19H,8-9,17H2,1-7H3/t10-,11+,12-,13+,16+/m0/s1. The van der Waals surface area contributed by atoms with E-state index in [1.54, 1.807) is 0 Å². The lowest BCUT2D eigenvalue weighted by atomic mass is 9.69. The molecule has 5 heteroatoms. The van der Waals surface area contributed by atoms with Crippen molar-refractivity contribution in [3.05, 3.63) is 0 Å². The van der Waals surface area contributed by atoms with E-state index < -0.39 is 29.3 Å². The lowest BCUT2D eigenvalue weighted by Crippen LogP contribution is -2.65. The molecule has 1 fully saturated rings. The molecule has 1 rings (SSSR count). The van der Waals surface area contributed by atoms with E-state index in [1.807, 2.05) is 48.5 Å². The molecule has 5 nitrogen and oxygen atoms in total. The van der Waals surface area contributed by atoms with Gasteiger partial charge in [-0.1, -0.05) is 6.92 Å². The van der Waals surface area contributed by atoms with E-state index in [0.717, 1.165) is 0 Å². The molecular weight excluding hydrogens is 270 g/mol. The minimum atomic E-state index is -0.825. The zero-order chi connectivity index (χ0) is 16.6. The van der Waals surface area contributed by atoms with E-state index >= 15 is 0 Å². The highest BCUT2D eigenvalue weighted by Gasteiger charge is 2.52. The van der Waals surface area contributed by atoms with Crippen LogP contribution in [0.15, 0.2) is 0 Å². The second kappa shape index (κ2) is 6.13. The molecule has 0 saturated heterocycles. The van der Waals surface area contributed by atoms with Crippen molar-refractivity contribution in [1.82, 2.24) is 0 Å². The third-order valence-corrected chi connectivity index (χ3v) is 3.81. The van der Waals surface area contributed by atoms with E-state index in [9.17, 15) is 10.2 Å². The number of aliphatic hydroxyl groups is 2. The second-order valence-electron chi connectivity index (χ2n) is 8.51. The maximum absolute atomic E-state index is 10.7. The monoisotopic (exact) mass is 303 g/mol. The third-order valence-electron chi connectivity index (χ3n) is 3.81. The van der Waals surface area contributed by atoms with E-state index in [2.05, 4.69) is 0 Å². The van der Waals surface area contributed by atoms with Crippen LogP contribution in [-0.2, 0) is 9.47 Å². The summed E-state index contributed by atoms with van der Waals surface area (Å²) in [5, 5.41) is 20.4. The summed E-state index contributed by atoms with van der Waals surface area (Å²) in [4.78, 5) is 0. The molecule has 21 heavy (non-hydrogen) atoms. The first-order chi connectivity index (χ1) is 9.29. The zero-order valence-electron chi connectivity index (χ0n) is 14.5. The first kappa shape index (κ1) is 18.8. The average molecular weight is 303 g/mol. The Balaban J connectivity index is 3.09. The highest BCUT2D eigenvalue weighted by molar-refractivity contribution is 5.03. The summed E-state index contributed by atoms with van der Waals surface area (Å²) in [5.41, 5.74) is 4.80. The molecule has 126 valence electrons. The highest BCUT2D eigenvalue weighted by atomic mass is 16.6. The molecule has 0 bridgehead atoms. The van der Waals surface area contributed by atoms with Gasteiger partial charge >= 0.3 is 0 Å². The van der Waals surface area contributed by atoms with Crippen molar-refractivity contribution >= 4 is 0 Å².